The van der Waals surface area contributed by atoms with Crippen LogP contribution in [0, 0.1) is 6.92 Å². The van der Waals surface area contributed by atoms with Crippen LogP contribution in [0.25, 0.3) is 11.2 Å². The molecule has 2 rings (SSSR count). The van der Waals surface area contributed by atoms with E-state index in [-0.39, 0.29) is 0 Å². The molecule has 2 aromatic rings. The standard InChI is InChI=1S/C8H10N4/c1-3-12-5-10-7-4-9-6(2)11-8(7)12/h4-5H,3H2,1-2H3. The van der Waals surface area contributed by atoms with Crippen LogP contribution in [0.15, 0.2) is 12.5 Å². The Hall–Kier alpha value is -1.45. The highest BCUT2D eigenvalue weighted by molar-refractivity contribution is 5.69. The summed E-state index contributed by atoms with van der Waals surface area (Å²) in [5, 5.41) is 0. The van der Waals surface area contributed by atoms with Crippen molar-refractivity contribution < 1.29 is 0 Å². The van der Waals surface area contributed by atoms with Crippen LogP contribution < -0.4 is 0 Å². The smallest absolute Gasteiger partial charge is 0.163 e. The summed E-state index contributed by atoms with van der Waals surface area (Å²) in [6.45, 7) is 4.85. The topological polar surface area (TPSA) is 43.6 Å². The summed E-state index contributed by atoms with van der Waals surface area (Å²) in [4.78, 5) is 12.5. The van der Waals surface area contributed by atoms with E-state index in [2.05, 4.69) is 21.9 Å². The molecule has 0 fully saturated rings. The minimum atomic E-state index is 0.790. The Morgan fingerprint density at radius 2 is 2.25 bits per heavy atom. The summed E-state index contributed by atoms with van der Waals surface area (Å²) in [7, 11) is 0. The van der Waals surface area contributed by atoms with Crippen LogP contribution in [-0.2, 0) is 6.54 Å². The van der Waals surface area contributed by atoms with Gasteiger partial charge in [-0.15, -0.1) is 0 Å². The fraction of sp³-hybridized carbons (Fsp3) is 0.375. The molecule has 0 unspecified atom stereocenters. The van der Waals surface area contributed by atoms with Gasteiger partial charge in [0.15, 0.2) is 5.65 Å². The molecule has 4 heteroatoms. The lowest BCUT2D eigenvalue weighted by Crippen LogP contribution is -1.95. The van der Waals surface area contributed by atoms with E-state index in [1.54, 1.807) is 12.5 Å². The van der Waals surface area contributed by atoms with Crippen LogP contribution in [-0.4, -0.2) is 19.5 Å². The fourth-order valence-corrected chi connectivity index (χ4v) is 1.17. The van der Waals surface area contributed by atoms with Crippen LogP contribution in [0.5, 0.6) is 0 Å². The number of fused-ring (bicyclic) bond motifs is 1. The molecule has 0 aliphatic heterocycles. The first-order chi connectivity index (χ1) is 5.81. The SMILES string of the molecule is CCn1cnc2cnc(C)nc21. The monoisotopic (exact) mass is 162 g/mol. The highest BCUT2D eigenvalue weighted by Crippen LogP contribution is 2.07. The number of aryl methyl sites for hydroxylation is 2. The van der Waals surface area contributed by atoms with Crippen LogP contribution in [0.3, 0.4) is 0 Å². The summed E-state index contributed by atoms with van der Waals surface area (Å²) in [6.07, 6.45) is 3.54. The molecule has 2 aromatic heterocycles. The Labute approximate surface area is 70.3 Å². The van der Waals surface area contributed by atoms with Crippen LogP contribution in [0.2, 0.25) is 0 Å². The molecular weight excluding hydrogens is 152 g/mol. The molecule has 0 atom stereocenters. The van der Waals surface area contributed by atoms with E-state index in [1.807, 2.05) is 11.5 Å². The third kappa shape index (κ3) is 0.958. The second-order valence-corrected chi connectivity index (χ2v) is 2.66. The van der Waals surface area contributed by atoms with Gasteiger partial charge >= 0.3 is 0 Å². The second-order valence-electron chi connectivity index (χ2n) is 2.66. The maximum atomic E-state index is 4.30. The Morgan fingerprint density at radius 1 is 1.42 bits per heavy atom. The third-order valence-electron chi connectivity index (χ3n) is 1.82. The van der Waals surface area contributed by atoms with Gasteiger partial charge in [0.2, 0.25) is 0 Å². The quantitative estimate of drug-likeness (QED) is 0.631. The van der Waals surface area contributed by atoms with Crippen LogP contribution in [0.1, 0.15) is 12.7 Å². The van der Waals surface area contributed by atoms with E-state index in [0.29, 0.717) is 0 Å². The molecule has 2 heterocycles. The predicted molar refractivity (Wildman–Crippen MR) is 45.7 cm³/mol. The van der Waals surface area contributed by atoms with Crippen LogP contribution >= 0.6 is 0 Å². The van der Waals surface area contributed by atoms with Gasteiger partial charge < -0.3 is 4.57 Å². The van der Waals surface area contributed by atoms with E-state index in [1.165, 1.54) is 0 Å². The third-order valence-corrected chi connectivity index (χ3v) is 1.82. The number of imidazole rings is 1. The van der Waals surface area contributed by atoms with Gasteiger partial charge in [0, 0.05) is 6.54 Å². The Kier molecular flexibility index (Phi) is 1.53. The zero-order chi connectivity index (χ0) is 8.55. The van der Waals surface area contributed by atoms with Crippen molar-refractivity contribution in [1.82, 2.24) is 19.5 Å². The molecular formula is C8H10N4. The summed E-state index contributed by atoms with van der Waals surface area (Å²) in [6, 6.07) is 0. The molecule has 0 spiro atoms. The highest BCUT2D eigenvalue weighted by atomic mass is 15.1. The van der Waals surface area contributed by atoms with Crippen molar-refractivity contribution >= 4 is 11.2 Å². The van der Waals surface area contributed by atoms with Gasteiger partial charge in [-0.25, -0.2) is 15.0 Å². The van der Waals surface area contributed by atoms with Crippen molar-refractivity contribution in [2.24, 2.45) is 0 Å². The summed E-state index contributed by atoms with van der Waals surface area (Å²) in [5.41, 5.74) is 1.78. The molecule has 0 saturated carbocycles. The second kappa shape index (κ2) is 2.55. The van der Waals surface area contributed by atoms with Crippen molar-refractivity contribution in [2.45, 2.75) is 20.4 Å². The molecule has 0 aliphatic rings. The lowest BCUT2D eigenvalue weighted by Gasteiger charge is -1.96. The zero-order valence-electron chi connectivity index (χ0n) is 7.15. The molecule has 12 heavy (non-hydrogen) atoms. The largest absolute Gasteiger partial charge is 0.315 e. The highest BCUT2D eigenvalue weighted by Gasteiger charge is 2.01. The maximum absolute atomic E-state index is 4.30. The Morgan fingerprint density at radius 3 is 3.00 bits per heavy atom. The minimum absolute atomic E-state index is 0.790. The number of hydrogen-bond donors (Lipinski definition) is 0. The van der Waals surface area contributed by atoms with Crippen molar-refractivity contribution in [1.29, 1.82) is 0 Å². The molecule has 0 amide bonds. The van der Waals surface area contributed by atoms with Gasteiger partial charge in [0.1, 0.15) is 11.3 Å². The van der Waals surface area contributed by atoms with Crippen molar-refractivity contribution in [3.05, 3.63) is 18.3 Å². The summed E-state index contributed by atoms with van der Waals surface area (Å²) < 4.78 is 2.00. The summed E-state index contributed by atoms with van der Waals surface area (Å²) >= 11 is 0. The maximum Gasteiger partial charge on any atom is 0.163 e. The molecule has 0 saturated heterocycles. The number of nitrogens with zero attached hydrogens (tertiary/aromatic N) is 4. The molecule has 0 bridgehead atoms. The average Bonchev–Trinajstić information content (AvgIpc) is 2.46. The predicted octanol–water partition coefficient (Wildman–Crippen LogP) is 1.15. The van der Waals surface area contributed by atoms with Gasteiger partial charge in [-0.2, -0.15) is 0 Å². The van der Waals surface area contributed by atoms with E-state index in [4.69, 9.17) is 0 Å². The van der Waals surface area contributed by atoms with E-state index in [9.17, 15) is 0 Å². The number of rotatable bonds is 1. The fourth-order valence-electron chi connectivity index (χ4n) is 1.17. The van der Waals surface area contributed by atoms with Crippen molar-refractivity contribution in [3.63, 3.8) is 0 Å². The van der Waals surface area contributed by atoms with Gasteiger partial charge in [-0.05, 0) is 13.8 Å². The molecule has 62 valence electrons. The molecule has 4 nitrogen and oxygen atoms in total. The number of aromatic nitrogens is 4. The van der Waals surface area contributed by atoms with Crippen molar-refractivity contribution in [3.8, 4) is 0 Å². The minimum Gasteiger partial charge on any atom is -0.315 e. The van der Waals surface area contributed by atoms with Gasteiger partial charge in [-0.1, -0.05) is 0 Å². The molecule has 0 N–H and O–H groups in total. The average molecular weight is 162 g/mol. The van der Waals surface area contributed by atoms with Gasteiger partial charge in [0.05, 0.1) is 12.5 Å². The molecule has 0 radical (unpaired) electrons. The van der Waals surface area contributed by atoms with E-state index < -0.39 is 0 Å². The zero-order valence-corrected chi connectivity index (χ0v) is 7.15. The first kappa shape index (κ1) is 7.21. The molecule has 0 aromatic carbocycles. The summed E-state index contributed by atoms with van der Waals surface area (Å²) in [5.74, 6) is 0.790. The van der Waals surface area contributed by atoms with Crippen molar-refractivity contribution in [2.75, 3.05) is 0 Å². The normalized spacial score (nSPS) is 10.8. The Bertz CT molecular complexity index is 404. The lowest BCUT2D eigenvalue weighted by atomic mass is 10.5. The lowest BCUT2D eigenvalue weighted by molar-refractivity contribution is 0.775. The van der Waals surface area contributed by atoms with Crippen LogP contribution in [0.4, 0.5) is 0 Å². The number of hydrogen-bond acceptors (Lipinski definition) is 3. The first-order valence-corrected chi connectivity index (χ1v) is 3.95. The first-order valence-electron chi connectivity index (χ1n) is 3.95. The van der Waals surface area contributed by atoms with Gasteiger partial charge in [0.25, 0.3) is 0 Å². The van der Waals surface area contributed by atoms with E-state index >= 15 is 0 Å². The molecule has 0 aliphatic carbocycles. The van der Waals surface area contributed by atoms with E-state index in [0.717, 1.165) is 23.5 Å². The van der Waals surface area contributed by atoms with Gasteiger partial charge in [-0.3, -0.25) is 0 Å². The Balaban J connectivity index is 2.75.